The Bertz CT molecular complexity index is 1340. The van der Waals surface area contributed by atoms with Crippen LogP contribution in [0.2, 0.25) is 0 Å². The van der Waals surface area contributed by atoms with Gasteiger partial charge in [0.2, 0.25) is 0 Å². The number of fused-ring (bicyclic) bond motifs is 3. The fourth-order valence-corrected chi connectivity index (χ4v) is 4.11. The predicted molar refractivity (Wildman–Crippen MR) is 110 cm³/mol. The first-order valence-corrected chi connectivity index (χ1v) is 9.70. The predicted octanol–water partition coefficient (Wildman–Crippen LogP) is 4.50. The molecule has 0 amide bonds. The van der Waals surface area contributed by atoms with E-state index in [0.29, 0.717) is 16.7 Å². The van der Waals surface area contributed by atoms with E-state index in [-0.39, 0.29) is 6.61 Å². The summed E-state index contributed by atoms with van der Waals surface area (Å²) < 4.78 is 11.0. The maximum Gasteiger partial charge on any atom is 0.339 e. The van der Waals surface area contributed by atoms with E-state index in [9.17, 15) is 9.59 Å². The fraction of sp³-hybridized carbons (Fsp3) is 0.208. The Morgan fingerprint density at radius 3 is 2.72 bits per heavy atom. The van der Waals surface area contributed by atoms with Gasteiger partial charge in [0, 0.05) is 28.1 Å². The van der Waals surface area contributed by atoms with Gasteiger partial charge in [-0.25, -0.2) is 9.59 Å². The number of benzene rings is 2. The number of nitrogens with zero attached hydrogens (tertiary/aromatic N) is 1. The van der Waals surface area contributed by atoms with Gasteiger partial charge in [-0.05, 0) is 61.6 Å². The van der Waals surface area contributed by atoms with Gasteiger partial charge in [0.25, 0.3) is 0 Å². The molecule has 5 nitrogen and oxygen atoms in total. The van der Waals surface area contributed by atoms with Gasteiger partial charge in [0.05, 0.1) is 11.1 Å². The molecule has 0 saturated heterocycles. The summed E-state index contributed by atoms with van der Waals surface area (Å²) in [4.78, 5) is 29.3. The van der Waals surface area contributed by atoms with E-state index in [1.165, 1.54) is 17.2 Å². The molecule has 0 fully saturated rings. The highest BCUT2D eigenvalue weighted by Crippen LogP contribution is 2.29. The molecule has 0 radical (unpaired) electrons. The van der Waals surface area contributed by atoms with E-state index >= 15 is 0 Å². The molecule has 0 aliphatic heterocycles. The Kier molecular flexibility index (Phi) is 4.16. The summed E-state index contributed by atoms with van der Waals surface area (Å²) in [5.74, 6) is -0.436. The number of aryl methyl sites for hydroxylation is 3. The molecular formula is C24H19NO4. The van der Waals surface area contributed by atoms with Gasteiger partial charge < -0.3 is 9.15 Å². The van der Waals surface area contributed by atoms with Crippen molar-refractivity contribution in [3.05, 3.63) is 86.9 Å². The molecule has 29 heavy (non-hydrogen) atoms. The van der Waals surface area contributed by atoms with Gasteiger partial charge in [-0.2, -0.15) is 0 Å². The van der Waals surface area contributed by atoms with Crippen LogP contribution in [0.15, 0.2) is 57.7 Å². The molecule has 1 aliphatic rings. The van der Waals surface area contributed by atoms with Crippen molar-refractivity contribution in [1.82, 2.24) is 4.98 Å². The van der Waals surface area contributed by atoms with Gasteiger partial charge >= 0.3 is 11.6 Å². The molecule has 0 atom stereocenters. The second kappa shape index (κ2) is 6.85. The Balaban J connectivity index is 1.50. The average molecular weight is 385 g/mol. The number of ether oxygens (including phenoxy) is 1. The standard InChI is InChI=1S/C24H19NO4/c1-14-9-20(18-7-2-3-8-21(18)25-14)24(27)28-13-17-12-23(26)29-22-11-16-6-4-5-15(16)10-19(17)22/h2-3,7-12H,4-6,13H2,1H3. The third-order valence-corrected chi connectivity index (χ3v) is 5.47. The summed E-state index contributed by atoms with van der Waals surface area (Å²) in [5.41, 5.74) is 5.25. The minimum Gasteiger partial charge on any atom is -0.457 e. The number of esters is 1. The van der Waals surface area contributed by atoms with Crippen LogP contribution < -0.4 is 5.63 Å². The number of hydrogen-bond donors (Lipinski definition) is 0. The zero-order valence-corrected chi connectivity index (χ0v) is 16.0. The van der Waals surface area contributed by atoms with Crippen LogP contribution in [0.25, 0.3) is 21.9 Å². The van der Waals surface area contributed by atoms with Crippen molar-refractivity contribution < 1.29 is 13.9 Å². The van der Waals surface area contributed by atoms with E-state index in [4.69, 9.17) is 9.15 Å². The van der Waals surface area contributed by atoms with E-state index < -0.39 is 11.6 Å². The first-order valence-electron chi connectivity index (χ1n) is 9.70. The molecule has 144 valence electrons. The second-order valence-electron chi connectivity index (χ2n) is 7.47. The second-order valence-corrected chi connectivity index (χ2v) is 7.47. The molecule has 4 aromatic rings. The molecule has 5 heteroatoms. The first-order chi connectivity index (χ1) is 14.1. The number of rotatable bonds is 3. The highest BCUT2D eigenvalue weighted by atomic mass is 16.5. The van der Waals surface area contributed by atoms with Gasteiger partial charge in [-0.1, -0.05) is 18.2 Å². The smallest absolute Gasteiger partial charge is 0.339 e. The molecule has 1 aliphatic carbocycles. The van der Waals surface area contributed by atoms with Gasteiger partial charge in [-0.15, -0.1) is 0 Å². The van der Waals surface area contributed by atoms with Crippen LogP contribution in [0, 0.1) is 6.92 Å². The van der Waals surface area contributed by atoms with Crippen LogP contribution in [0.5, 0.6) is 0 Å². The largest absolute Gasteiger partial charge is 0.457 e. The van der Waals surface area contributed by atoms with Crippen molar-refractivity contribution in [1.29, 1.82) is 0 Å². The highest BCUT2D eigenvalue weighted by Gasteiger charge is 2.17. The molecule has 2 aromatic carbocycles. The van der Waals surface area contributed by atoms with Crippen molar-refractivity contribution in [3.8, 4) is 0 Å². The van der Waals surface area contributed by atoms with E-state index in [1.54, 1.807) is 6.07 Å². The summed E-state index contributed by atoms with van der Waals surface area (Å²) in [6, 6.07) is 14.6. The lowest BCUT2D eigenvalue weighted by molar-refractivity contribution is 0.0476. The topological polar surface area (TPSA) is 69.4 Å². The zero-order chi connectivity index (χ0) is 20.0. The van der Waals surface area contributed by atoms with Crippen LogP contribution in [0.3, 0.4) is 0 Å². The molecule has 0 N–H and O–H groups in total. The first kappa shape index (κ1) is 17.6. The van der Waals surface area contributed by atoms with Crippen LogP contribution in [-0.2, 0) is 24.2 Å². The SMILES string of the molecule is Cc1cc(C(=O)OCc2cc(=O)oc3cc4c(cc23)CCC4)c2ccccc2n1. The van der Waals surface area contributed by atoms with Crippen molar-refractivity contribution in [2.45, 2.75) is 32.8 Å². The van der Waals surface area contributed by atoms with Crippen molar-refractivity contribution in [2.24, 2.45) is 0 Å². The summed E-state index contributed by atoms with van der Waals surface area (Å²) in [6.45, 7) is 1.86. The summed E-state index contributed by atoms with van der Waals surface area (Å²) in [5, 5.41) is 1.58. The van der Waals surface area contributed by atoms with E-state index in [1.807, 2.05) is 37.3 Å². The van der Waals surface area contributed by atoms with Crippen LogP contribution in [0.1, 0.15) is 39.2 Å². The Hall–Kier alpha value is -3.47. The maximum absolute atomic E-state index is 12.8. The van der Waals surface area contributed by atoms with Gasteiger partial charge in [0.15, 0.2) is 0 Å². The molecule has 5 rings (SSSR count). The van der Waals surface area contributed by atoms with Crippen LogP contribution in [0.4, 0.5) is 0 Å². The number of carbonyl (C=O) groups is 1. The quantitative estimate of drug-likeness (QED) is 0.384. The van der Waals surface area contributed by atoms with Crippen molar-refractivity contribution in [2.75, 3.05) is 0 Å². The molecule has 2 aromatic heterocycles. The maximum atomic E-state index is 12.8. The number of aromatic nitrogens is 1. The Morgan fingerprint density at radius 2 is 1.86 bits per heavy atom. The lowest BCUT2D eigenvalue weighted by atomic mass is 10.0. The lowest BCUT2D eigenvalue weighted by Crippen LogP contribution is -2.09. The molecular weight excluding hydrogens is 366 g/mol. The Labute approximate surface area is 166 Å². The molecule has 2 heterocycles. The third kappa shape index (κ3) is 3.18. The zero-order valence-electron chi connectivity index (χ0n) is 16.0. The normalized spacial score (nSPS) is 13.0. The van der Waals surface area contributed by atoms with Crippen molar-refractivity contribution >= 4 is 27.8 Å². The number of carbonyl (C=O) groups excluding carboxylic acids is 1. The summed E-state index contributed by atoms with van der Waals surface area (Å²) in [7, 11) is 0. The number of para-hydroxylation sites is 1. The van der Waals surface area contributed by atoms with Gasteiger partial charge in [0.1, 0.15) is 12.2 Å². The summed E-state index contributed by atoms with van der Waals surface area (Å²) in [6.07, 6.45) is 3.13. The molecule has 0 saturated carbocycles. The number of pyridine rings is 1. The van der Waals surface area contributed by atoms with E-state index in [0.717, 1.165) is 41.2 Å². The monoisotopic (exact) mass is 385 g/mol. The summed E-state index contributed by atoms with van der Waals surface area (Å²) >= 11 is 0. The van der Waals surface area contributed by atoms with E-state index in [2.05, 4.69) is 11.1 Å². The fourth-order valence-electron chi connectivity index (χ4n) is 4.11. The lowest BCUT2D eigenvalue weighted by Gasteiger charge is -2.11. The highest BCUT2D eigenvalue weighted by molar-refractivity contribution is 6.03. The average Bonchev–Trinajstić information content (AvgIpc) is 3.16. The van der Waals surface area contributed by atoms with Crippen LogP contribution >= 0.6 is 0 Å². The van der Waals surface area contributed by atoms with Crippen LogP contribution in [-0.4, -0.2) is 11.0 Å². The molecule has 0 bridgehead atoms. The number of hydrogen-bond acceptors (Lipinski definition) is 5. The Morgan fingerprint density at radius 1 is 1.07 bits per heavy atom. The minimum atomic E-state index is -0.438. The minimum absolute atomic E-state index is 0.00934. The molecule has 0 spiro atoms. The third-order valence-electron chi connectivity index (χ3n) is 5.47. The molecule has 0 unspecified atom stereocenters. The van der Waals surface area contributed by atoms with Crippen molar-refractivity contribution in [3.63, 3.8) is 0 Å². The van der Waals surface area contributed by atoms with Gasteiger partial charge in [-0.3, -0.25) is 4.98 Å².